The van der Waals surface area contributed by atoms with E-state index < -0.39 is 0 Å². The predicted octanol–water partition coefficient (Wildman–Crippen LogP) is 3.82. The molecule has 1 N–H and O–H groups in total. The summed E-state index contributed by atoms with van der Waals surface area (Å²) in [5, 5.41) is 0.855. The van der Waals surface area contributed by atoms with Crippen LogP contribution in [0.1, 0.15) is 21.5 Å². The molecule has 0 atom stereocenters. The first-order valence-corrected chi connectivity index (χ1v) is 10.1. The van der Waals surface area contributed by atoms with Crippen LogP contribution in [0.25, 0.3) is 10.9 Å². The average Bonchev–Trinajstić information content (AvgIpc) is 2.82. The third-order valence-electron chi connectivity index (χ3n) is 5.22. The van der Waals surface area contributed by atoms with Gasteiger partial charge < -0.3 is 14.6 Å². The van der Waals surface area contributed by atoms with Crippen LogP contribution >= 0.6 is 0 Å². The van der Waals surface area contributed by atoms with Crippen LogP contribution in [0, 0.1) is 0 Å². The highest BCUT2D eigenvalue weighted by Gasteiger charge is 2.18. The molecule has 0 unspecified atom stereocenters. The molecule has 156 valence electrons. The van der Waals surface area contributed by atoms with Gasteiger partial charge in [0, 0.05) is 41.0 Å². The summed E-state index contributed by atoms with van der Waals surface area (Å²) in [6, 6.07) is 20.7. The monoisotopic (exact) mass is 413 g/mol. The smallest absolute Gasteiger partial charge is 0.254 e. The van der Waals surface area contributed by atoms with Gasteiger partial charge in [-0.05, 0) is 48.4 Å². The molecule has 0 fully saturated rings. The van der Waals surface area contributed by atoms with Gasteiger partial charge in [-0.15, -0.1) is 0 Å². The van der Waals surface area contributed by atoms with Crippen LogP contribution in [0.2, 0.25) is 0 Å². The Bertz CT molecular complexity index is 1240. The first-order valence-electron chi connectivity index (χ1n) is 10.1. The lowest BCUT2D eigenvalue weighted by molar-refractivity contribution is 0.0744. The van der Waals surface area contributed by atoms with Gasteiger partial charge in [0.15, 0.2) is 0 Å². The Morgan fingerprint density at radius 2 is 1.81 bits per heavy atom. The number of ether oxygens (including phenoxy) is 1. The largest absolute Gasteiger partial charge is 0.497 e. The highest BCUT2D eigenvalue weighted by atomic mass is 16.5. The van der Waals surface area contributed by atoms with Crippen molar-refractivity contribution in [2.24, 2.45) is 0 Å². The fourth-order valence-corrected chi connectivity index (χ4v) is 3.52. The second kappa shape index (κ2) is 9.26. The van der Waals surface area contributed by atoms with E-state index in [0.29, 0.717) is 29.8 Å². The Kier molecular flexibility index (Phi) is 6.08. The molecule has 0 aliphatic heterocycles. The number of H-pyrrole nitrogens is 1. The van der Waals surface area contributed by atoms with Crippen molar-refractivity contribution in [3.05, 3.63) is 106 Å². The number of rotatable bonds is 7. The number of fused-ring (bicyclic) bond motifs is 1. The fourth-order valence-electron chi connectivity index (χ4n) is 3.52. The summed E-state index contributed by atoms with van der Waals surface area (Å²) in [7, 11) is 1.60. The molecule has 0 saturated carbocycles. The Morgan fingerprint density at radius 3 is 2.55 bits per heavy atom. The number of nitrogens with zero attached hydrogens (tertiary/aromatic N) is 2. The van der Waals surface area contributed by atoms with Crippen molar-refractivity contribution in [3.8, 4) is 5.75 Å². The molecular formula is C25H23N3O3. The minimum Gasteiger partial charge on any atom is -0.497 e. The first kappa shape index (κ1) is 20.3. The Morgan fingerprint density at radius 1 is 1.03 bits per heavy atom. The summed E-state index contributed by atoms with van der Waals surface area (Å²) in [5.41, 5.74) is 2.72. The molecule has 0 aliphatic carbocycles. The molecule has 4 aromatic rings. The number of pyridine rings is 2. The van der Waals surface area contributed by atoms with Gasteiger partial charge in [-0.25, -0.2) is 0 Å². The zero-order chi connectivity index (χ0) is 21.6. The van der Waals surface area contributed by atoms with Gasteiger partial charge in [0.1, 0.15) is 5.75 Å². The third kappa shape index (κ3) is 4.80. The van der Waals surface area contributed by atoms with Gasteiger partial charge >= 0.3 is 0 Å². The number of amides is 1. The number of hydrogen-bond acceptors (Lipinski definition) is 4. The highest BCUT2D eigenvalue weighted by molar-refractivity contribution is 5.94. The number of nitrogens with one attached hydrogen (secondary N) is 1. The number of carbonyl (C=O) groups is 1. The average molecular weight is 413 g/mol. The van der Waals surface area contributed by atoms with Crippen molar-refractivity contribution in [1.82, 2.24) is 14.9 Å². The number of methoxy groups -OCH3 is 1. The summed E-state index contributed by atoms with van der Waals surface area (Å²) in [4.78, 5) is 34.5. The molecule has 2 aromatic heterocycles. The molecule has 4 rings (SSSR count). The van der Waals surface area contributed by atoms with Crippen LogP contribution in [0.4, 0.5) is 0 Å². The van der Waals surface area contributed by atoms with Crippen LogP contribution in [0.15, 0.2) is 83.9 Å². The standard InChI is InChI=1S/C25H23N3O3/c1-31-22-7-8-23-20(16-22)15-21(24(29)27-23)17-28(14-11-18-5-3-2-4-6-18)25(30)19-9-12-26-13-10-19/h2-10,12-13,15-16H,11,14,17H2,1H3,(H,27,29). The first-order chi connectivity index (χ1) is 15.1. The van der Waals surface area contributed by atoms with E-state index in [2.05, 4.69) is 9.97 Å². The number of aromatic nitrogens is 2. The summed E-state index contributed by atoms with van der Waals surface area (Å²) in [6.45, 7) is 0.692. The van der Waals surface area contributed by atoms with E-state index in [0.717, 1.165) is 16.5 Å². The van der Waals surface area contributed by atoms with Gasteiger partial charge in [0.25, 0.3) is 11.5 Å². The second-order valence-corrected chi connectivity index (χ2v) is 7.28. The topological polar surface area (TPSA) is 75.3 Å². The van der Waals surface area contributed by atoms with Crippen molar-refractivity contribution in [2.75, 3.05) is 13.7 Å². The lowest BCUT2D eigenvalue weighted by atomic mass is 10.1. The van der Waals surface area contributed by atoms with E-state index in [-0.39, 0.29) is 18.0 Å². The summed E-state index contributed by atoms with van der Waals surface area (Å²) >= 11 is 0. The van der Waals surface area contributed by atoms with E-state index in [9.17, 15) is 9.59 Å². The lowest BCUT2D eigenvalue weighted by Crippen LogP contribution is -2.34. The predicted molar refractivity (Wildman–Crippen MR) is 120 cm³/mol. The van der Waals surface area contributed by atoms with Gasteiger partial charge in [0.2, 0.25) is 0 Å². The minimum absolute atomic E-state index is 0.136. The normalized spacial score (nSPS) is 10.7. The Balaban J connectivity index is 1.65. The maximum Gasteiger partial charge on any atom is 0.254 e. The highest BCUT2D eigenvalue weighted by Crippen LogP contribution is 2.19. The van der Waals surface area contributed by atoms with Crippen molar-refractivity contribution < 1.29 is 9.53 Å². The van der Waals surface area contributed by atoms with Gasteiger partial charge in [0.05, 0.1) is 13.7 Å². The number of carbonyl (C=O) groups excluding carboxylic acids is 1. The third-order valence-corrected chi connectivity index (χ3v) is 5.22. The Labute approximate surface area is 180 Å². The molecule has 6 nitrogen and oxygen atoms in total. The van der Waals surface area contributed by atoms with Crippen molar-refractivity contribution in [3.63, 3.8) is 0 Å². The van der Waals surface area contributed by atoms with E-state index in [1.807, 2.05) is 48.5 Å². The van der Waals surface area contributed by atoms with Crippen LogP contribution in [-0.4, -0.2) is 34.4 Å². The summed E-state index contributed by atoms with van der Waals surface area (Å²) < 4.78 is 5.29. The van der Waals surface area contributed by atoms with E-state index in [1.54, 1.807) is 42.6 Å². The maximum atomic E-state index is 13.2. The Hall–Kier alpha value is -3.93. The molecule has 31 heavy (non-hydrogen) atoms. The van der Waals surface area contributed by atoms with Crippen LogP contribution in [0.3, 0.4) is 0 Å². The number of aromatic amines is 1. The SMILES string of the molecule is COc1ccc2[nH]c(=O)c(CN(CCc3ccccc3)C(=O)c3ccncc3)cc2c1. The molecule has 1 amide bonds. The summed E-state index contributed by atoms with van der Waals surface area (Å²) in [5.74, 6) is 0.572. The van der Waals surface area contributed by atoms with Crippen LogP contribution in [0.5, 0.6) is 5.75 Å². The molecule has 0 saturated heterocycles. The quantitative estimate of drug-likeness (QED) is 0.500. The molecule has 0 radical (unpaired) electrons. The zero-order valence-corrected chi connectivity index (χ0v) is 17.2. The van der Waals surface area contributed by atoms with Crippen LogP contribution in [-0.2, 0) is 13.0 Å². The van der Waals surface area contributed by atoms with E-state index >= 15 is 0 Å². The van der Waals surface area contributed by atoms with Crippen molar-refractivity contribution >= 4 is 16.8 Å². The van der Waals surface area contributed by atoms with Crippen molar-refractivity contribution in [1.29, 1.82) is 0 Å². The van der Waals surface area contributed by atoms with Gasteiger partial charge in [-0.3, -0.25) is 14.6 Å². The molecular weight excluding hydrogens is 390 g/mol. The fraction of sp³-hybridized carbons (Fsp3) is 0.160. The summed E-state index contributed by atoms with van der Waals surface area (Å²) in [6.07, 6.45) is 3.88. The molecule has 0 spiro atoms. The van der Waals surface area contributed by atoms with Crippen LogP contribution < -0.4 is 10.3 Å². The van der Waals surface area contributed by atoms with Crippen molar-refractivity contribution in [2.45, 2.75) is 13.0 Å². The van der Waals surface area contributed by atoms with Gasteiger partial charge in [-0.2, -0.15) is 0 Å². The second-order valence-electron chi connectivity index (χ2n) is 7.28. The van der Waals surface area contributed by atoms with E-state index in [4.69, 9.17) is 4.74 Å². The maximum absolute atomic E-state index is 13.2. The lowest BCUT2D eigenvalue weighted by Gasteiger charge is -2.23. The molecule has 2 aromatic carbocycles. The number of benzene rings is 2. The zero-order valence-electron chi connectivity index (χ0n) is 17.2. The molecule has 0 aliphatic rings. The molecule has 0 bridgehead atoms. The number of hydrogen-bond donors (Lipinski definition) is 1. The van der Waals surface area contributed by atoms with Gasteiger partial charge in [-0.1, -0.05) is 30.3 Å². The van der Waals surface area contributed by atoms with E-state index in [1.165, 1.54) is 0 Å². The molecule has 6 heteroatoms. The molecule has 2 heterocycles. The minimum atomic E-state index is -0.204.